The molecule has 4 aromatic rings. The Morgan fingerprint density at radius 1 is 0.558 bits per heavy atom. The van der Waals surface area contributed by atoms with Crippen molar-refractivity contribution in [2.45, 2.75) is 51.6 Å². The van der Waals surface area contributed by atoms with Crippen LogP contribution in [0, 0.1) is 20.8 Å². The van der Waals surface area contributed by atoms with E-state index in [0.29, 0.717) is 54.5 Å². The van der Waals surface area contributed by atoms with Crippen molar-refractivity contribution in [1.29, 1.82) is 0 Å². The summed E-state index contributed by atoms with van der Waals surface area (Å²) < 4.78 is 90.7. The lowest BCUT2D eigenvalue weighted by Gasteiger charge is -2.46. The summed E-state index contributed by atoms with van der Waals surface area (Å²) in [6.45, 7) is 7.48. The number of nitrogens with zero attached hydrogens (tertiary/aromatic N) is 4. The van der Waals surface area contributed by atoms with Gasteiger partial charge in [-0.25, -0.2) is 4.90 Å². The Morgan fingerprint density at radius 3 is 1.58 bits per heavy atom. The Bertz CT molecular complexity index is 2320. The van der Waals surface area contributed by atoms with Crippen molar-refractivity contribution >= 4 is 40.7 Å². The number of aryl methyl sites for hydroxylation is 1. The Hall–Kier alpha value is -5.66. The molecule has 52 heavy (non-hydrogen) atoms. The number of fused-ring (bicyclic) bond motifs is 8. The quantitative estimate of drug-likeness (QED) is 0.163. The van der Waals surface area contributed by atoms with Gasteiger partial charge in [0.05, 0.1) is 34.6 Å². The molecule has 4 aromatic carbocycles. The first-order valence-electron chi connectivity index (χ1n) is 16.2. The van der Waals surface area contributed by atoms with E-state index in [2.05, 4.69) is 22.8 Å². The molecule has 8 rings (SSSR count). The third-order valence-electron chi connectivity index (χ3n) is 10.9. The van der Waals surface area contributed by atoms with E-state index in [9.17, 15) is 19.2 Å². The minimum absolute atomic E-state index is 0.162. The lowest BCUT2D eigenvalue weighted by Crippen LogP contribution is -2.55. The van der Waals surface area contributed by atoms with Gasteiger partial charge in [0.2, 0.25) is 5.41 Å². The summed E-state index contributed by atoms with van der Waals surface area (Å²) in [4.78, 5) is 58.5. The third-order valence-corrected chi connectivity index (χ3v) is 10.9. The van der Waals surface area contributed by atoms with Crippen molar-refractivity contribution in [1.82, 2.24) is 4.90 Å². The molecule has 4 heterocycles. The number of imide groups is 2. The second kappa shape index (κ2) is 10.7. The fraction of sp³-hybridized carbons (Fsp3) is 0.263. The summed E-state index contributed by atoms with van der Waals surface area (Å²) in [5.41, 5.74) is -2.40. The molecule has 0 N–H and O–H groups in total. The molecule has 0 aromatic heterocycles. The third kappa shape index (κ3) is 4.23. The average molecular weight is 719 g/mol. The molecule has 0 fully saturated rings. The Labute approximate surface area is 292 Å². The second-order valence-corrected chi connectivity index (χ2v) is 13.7. The first-order valence-corrected chi connectivity index (χ1v) is 16.2. The van der Waals surface area contributed by atoms with Crippen LogP contribution in [-0.2, 0) is 18.5 Å². The van der Waals surface area contributed by atoms with E-state index >= 15 is 26.3 Å². The van der Waals surface area contributed by atoms with Gasteiger partial charge < -0.3 is 9.80 Å². The number of hydrogen-bond donors (Lipinski definition) is 0. The van der Waals surface area contributed by atoms with Crippen LogP contribution in [-0.4, -0.2) is 54.6 Å². The van der Waals surface area contributed by atoms with Crippen LogP contribution in [0.5, 0.6) is 0 Å². The van der Waals surface area contributed by atoms with Gasteiger partial charge in [-0.2, -0.15) is 26.3 Å². The zero-order chi connectivity index (χ0) is 37.4. The summed E-state index contributed by atoms with van der Waals surface area (Å²) in [6.07, 6.45) is -12.1. The molecule has 14 heteroatoms. The largest absolute Gasteiger partial charge is 0.411 e. The molecule has 0 aliphatic carbocycles. The molecule has 2 bridgehead atoms. The van der Waals surface area contributed by atoms with Gasteiger partial charge in [-0.15, -0.1) is 0 Å². The number of amides is 4. The summed E-state index contributed by atoms with van der Waals surface area (Å²) in [6, 6.07) is 10.9. The highest BCUT2D eigenvalue weighted by atomic mass is 19.4. The maximum absolute atomic E-state index is 15.1. The van der Waals surface area contributed by atoms with Crippen LogP contribution in [0.4, 0.5) is 43.4 Å². The van der Waals surface area contributed by atoms with Gasteiger partial charge in [-0.3, -0.25) is 24.1 Å². The van der Waals surface area contributed by atoms with Crippen molar-refractivity contribution < 1.29 is 45.5 Å². The second-order valence-electron chi connectivity index (χ2n) is 13.7. The van der Waals surface area contributed by atoms with Crippen molar-refractivity contribution in [2.75, 3.05) is 28.4 Å². The average Bonchev–Trinajstić information content (AvgIpc) is 3.44. The Balaban J connectivity index is 1.22. The number of carbonyl (C=O) groups excluding carboxylic acids is 4. The summed E-state index contributed by atoms with van der Waals surface area (Å²) >= 11 is 0. The minimum atomic E-state index is -6.05. The van der Waals surface area contributed by atoms with Crippen LogP contribution in [0.1, 0.15) is 80.4 Å². The van der Waals surface area contributed by atoms with Gasteiger partial charge in [-0.1, -0.05) is 30.3 Å². The predicted octanol–water partition coefficient (Wildman–Crippen LogP) is 7.35. The van der Waals surface area contributed by atoms with Gasteiger partial charge in [0.25, 0.3) is 23.6 Å². The first kappa shape index (κ1) is 33.5. The van der Waals surface area contributed by atoms with Crippen LogP contribution in [0.15, 0.2) is 60.7 Å². The molecular formula is C38H28F6N4O4. The minimum Gasteiger partial charge on any atom is -0.349 e. The summed E-state index contributed by atoms with van der Waals surface area (Å²) in [7, 11) is 1.06. The molecule has 8 nitrogen and oxygen atoms in total. The van der Waals surface area contributed by atoms with Gasteiger partial charge in [0.1, 0.15) is 0 Å². The van der Waals surface area contributed by atoms with E-state index in [4.69, 9.17) is 0 Å². The highest BCUT2D eigenvalue weighted by molar-refractivity contribution is 6.35. The highest BCUT2D eigenvalue weighted by Gasteiger charge is 2.73. The number of alkyl halides is 6. The Kier molecular flexibility index (Phi) is 6.88. The molecular weight excluding hydrogens is 690 g/mol. The molecule has 0 atom stereocenters. The zero-order valence-electron chi connectivity index (χ0n) is 28.1. The SMILES string of the molecule is Cc1ccc2c(c1C)N1Cc3ccc(N4C(=O)c5ccc(C(c6ccc7c(c6)C(=O)N(C)C7=O)(C(F)(F)F)C(F)(F)F)cc5C4=O)c(C)c3N(C2)C1. The predicted molar refractivity (Wildman–Crippen MR) is 178 cm³/mol. The molecule has 4 amide bonds. The summed E-state index contributed by atoms with van der Waals surface area (Å²) in [5.74, 6) is -3.90. The lowest BCUT2D eigenvalue weighted by atomic mass is 9.71. The Morgan fingerprint density at radius 2 is 1.02 bits per heavy atom. The number of benzene rings is 4. The lowest BCUT2D eigenvalue weighted by molar-refractivity contribution is -0.288. The van der Waals surface area contributed by atoms with Crippen molar-refractivity contribution in [3.63, 3.8) is 0 Å². The molecule has 4 aliphatic heterocycles. The monoisotopic (exact) mass is 718 g/mol. The number of rotatable bonds is 3. The van der Waals surface area contributed by atoms with E-state index < -0.39 is 63.7 Å². The number of hydrogen-bond acceptors (Lipinski definition) is 6. The van der Waals surface area contributed by atoms with Crippen molar-refractivity contribution in [3.8, 4) is 0 Å². The molecule has 0 spiro atoms. The molecule has 266 valence electrons. The standard InChI is InChI=1S/C38H28F6N4O4/c1-18-5-6-21-15-47-17-46(30(21)19(18)2)16-22-7-12-29(20(3)31(22)47)48-34(51)26-11-9-24(14-28(26)35(48)52)36(37(39,40)41,38(42,43)44)23-8-10-25-27(13-23)33(50)45(4)32(25)49/h5-14H,15-17H2,1-4H3. The molecule has 0 saturated carbocycles. The normalized spacial score (nSPS) is 16.8. The molecule has 0 unspecified atom stereocenters. The van der Waals surface area contributed by atoms with Gasteiger partial charge in [-0.05, 0) is 90.0 Å². The van der Waals surface area contributed by atoms with Gasteiger partial charge in [0.15, 0.2) is 0 Å². The maximum Gasteiger partial charge on any atom is 0.411 e. The van der Waals surface area contributed by atoms with Crippen molar-refractivity contribution in [2.24, 2.45) is 0 Å². The van der Waals surface area contributed by atoms with E-state index in [1.807, 2.05) is 13.0 Å². The first-order chi connectivity index (χ1) is 24.4. The molecule has 0 radical (unpaired) electrons. The van der Waals surface area contributed by atoms with E-state index in [1.54, 1.807) is 19.1 Å². The van der Waals surface area contributed by atoms with Gasteiger partial charge >= 0.3 is 12.4 Å². The van der Waals surface area contributed by atoms with Crippen LogP contribution in [0.3, 0.4) is 0 Å². The van der Waals surface area contributed by atoms with Crippen molar-refractivity contribution in [3.05, 3.63) is 122 Å². The van der Waals surface area contributed by atoms with Crippen LogP contribution < -0.4 is 14.7 Å². The van der Waals surface area contributed by atoms with Crippen LogP contribution in [0.2, 0.25) is 0 Å². The van der Waals surface area contributed by atoms with E-state index in [0.717, 1.165) is 52.1 Å². The number of halogens is 6. The highest BCUT2D eigenvalue weighted by Crippen LogP contribution is 2.57. The zero-order valence-corrected chi connectivity index (χ0v) is 28.1. The fourth-order valence-electron chi connectivity index (χ4n) is 8.27. The topological polar surface area (TPSA) is 81.2 Å². The summed E-state index contributed by atoms with van der Waals surface area (Å²) in [5, 5.41) is 0. The molecule has 0 saturated heterocycles. The van der Waals surface area contributed by atoms with E-state index in [1.165, 1.54) is 5.56 Å². The van der Waals surface area contributed by atoms with Crippen LogP contribution >= 0.6 is 0 Å². The number of anilines is 3. The maximum atomic E-state index is 15.1. The fourth-order valence-corrected chi connectivity index (χ4v) is 8.27. The number of carbonyl (C=O) groups is 4. The smallest absolute Gasteiger partial charge is 0.349 e. The van der Waals surface area contributed by atoms with E-state index in [-0.39, 0.29) is 16.8 Å². The molecule has 4 aliphatic rings. The van der Waals surface area contributed by atoms with Gasteiger partial charge in [0, 0.05) is 31.5 Å². The van der Waals surface area contributed by atoms with Crippen LogP contribution in [0.25, 0.3) is 0 Å².